The molecule has 3 heteroatoms. The molecule has 0 aliphatic carbocycles. The molecule has 2 aromatic carbocycles. The fraction of sp³-hybridized carbons (Fsp3) is 0.143. The summed E-state index contributed by atoms with van der Waals surface area (Å²) in [5, 5.41) is 2.30. The summed E-state index contributed by atoms with van der Waals surface area (Å²) in [6.45, 7) is 0. The zero-order valence-electron chi connectivity index (χ0n) is 9.96. The average Bonchev–Trinajstić information content (AvgIpc) is 2.41. The zero-order chi connectivity index (χ0) is 12.1. The number of ether oxygens (including phenoxy) is 1. The number of rotatable bonds is 4. The van der Waals surface area contributed by atoms with Crippen molar-refractivity contribution in [2.24, 2.45) is 0 Å². The van der Waals surface area contributed by atoms with Crippen LogP contribution in [0.2, 0.25) is 0 Å². The molecule has 0 N–H and O–H groups in total. The first-order valence-corrected chi connectivity index (χ1v) is 6.65. The Bertz CT molecular complexity index is 471. The Morgan fingerprint density at radius 3 is 2.12 bits per heavy atom. The first-order chi connectivity index (χ1) is 8.36. The van der Waals surface area contributed by atoms with E-state index in [0.29, 0.717) is 0 Å². The van der Waals surface area contributed by atoms with Crippen LogP contribution in [0.25, 0.3) is 0 Å². The molecule has 2 rings (SSSR count). The minimum absolute atomic E-state index is 0.800. The van der Waals surface area contributed by atoms with Gasteiger partial charge in [-0.1, -0.05) is 42.5 Å². The molecule has 0 radical (unpaired) electrons. The average molecular weight is 246 g/mol. The van der Waals surface area contributed by atoms with Crippen LogP contribution in [0.5, 0.6) is 5.75 Å². The van der Waals surface area contributed by atoms with Crippen molar-refractivity contribution in [3.8, 4) is 5.75 Å². The number of hydrogen-bond donors (Lipinski definition) is 0. The summed E-state index contributed by atoms with van der Waals surface area (Å²) < 4.78 is 11.0. The lowest BCUT2D eigenvalue weighted by Gasteiger charge is -2.18. The van der Waals surface area contributed by atoms with Gasteiger partial charge in [0.2, 0.25) is 0 Å². The number of benzene rings is 2. The fourth-order valence-corrected chi connectivity index (χ4v) is 3.42. The Labute approximate surface area is 103 Å². The first kappa shape index (κ1) is 12.1. The predicted molar refractivity (Wildman–Crippen MR) is 72.6 cm³/mol. The van der Waals surface area contributed by atoms with Crippen molar-refractivity contribution in [1.82, 2.24) is 0 Å². The van der Waals surface area contributed by atoms with E-state index in [9.17, 15) is 0 Å². The van der Waals surface area contributed by atoms with Crippen molar-refractivity contribution in [2.45, 2.75) is 0 Å². The number of methoxy groups -OCH3 is 1. The molecule has 0 aliphatic rings. The SMILES string of the molecule is COc1ccccc1P(OC)c1ccccc1. The molecule has 0 saturated heterocycles. The summed E-state index contributed by atoms with van der Waals surface area (Å²) in [4.78, 5) is 0. The largest absolute Gasteiger partial charge is 0.496 e. The second kappa shape index (κ2) is 5.81. The van der Waals surface area contributed by atoms with E-state index in [1.54, 1.807) is 14.2 Å². The van der Waals surface area contributed by atoms with Crippen molar-refractivity contribution < 1.29 is 9.26 Å². The van der Waals surface area contributed by atoms with Crippen molar-refractivity contribution in [1.29, 1.82) is 0 Å². The highest BCUT2D eigenvalue weighted by atomic mass is 31.1. The van der Waals surface area contributed by atoms with E-state index >= 15 is 0 Å². The molecular weight excluding hydrogens is 231 g/mol. The monoisotopic (exact) mass is 246 g/mol. The lowest BCUT2D eigenvalue weighted by atomic mass is 10.3. The smallest absolute Gasteiger partial charge is 0.129 e. The fourth-order valence-electron chi connectivity index (χ4n) is 1.70. The van der Waals surface area contributed by atoms with E-state index in [2.05, 4.69) is 18.2 Å². The summed E-state index contributed by atoms with van der Waals surface area (Å²) in [7, 11) is 2.63. The molecule has 2 aromatic rings. The van der Waals surface area contributed by atoms with E-state index in [0.717, 1.165) is 11.1 Å². The Balaban J connectivity index is 2.42. The molecule has 0 amide bonds. The Morgan fingerprint density at radius 1 is 0.824 bits per heavy atom. The van der Waals surface area contributed by atoms with Gasteiger partial charge in [0, 0.05) is 17.7 Å². The van der Waals surface area contributed by atoms with Gasteiger partial charge in [0.15, 0.2) is 0 Å². The van der Waals surface area contributed by atoms with Gasteiger partial charge in [-0.3, -0.25) is 0 Å². The molecule has 0 spiro atoms. The minimum Gasteiger partial charge on any atom is -0.496 e. The molecule has 0 bridgehead atoms. The molecule has 0 aliphatic heterocycles. The zero-order valence-corrected chi connectivity index (χ0v) is 10.9. The second-order valence-corrected chi connectivity index (χ2v) is 5.44. The maximum atomic E-state index is 5.65. The van der Waals surface area contributed by atoms with Crippen molar-refractivity contribution >= 4 is 18.8 Å². The van der Waals surface area contributed by atoms with Crippen LogP contribution in [-0.2, 0) is 4.52 Å². The molecule has 88 valence electrons. The molecule has 0 heterocycles. The van der Waals surface area contributed by atoms with Crippen LogP contribution >= 0.6 is 8.15 Å². The Morgan fingerprint density at radius 2 is 1.47 bits per heavy atom. The van der Waals surface area contributed by atoms with Gasteiger partial charge in [0.25, 0.3) is 0 Å². The van der Waals surface area contributed by atoms with Crippen LogP contribution in [0.15, 0.2) is 54.6 Å². The summed E-state index contributed by atoms with van der Waals surface area (Å²) >= 11 is 0. The molecule has 0 fully saturated rings. The van der Waals surface area contributed by atoms with Gasteiger partial charge in [0.05, 0.1) is 15.3 Å². The van der Waals surface area contributed by atoms with Gasteiger partial charge in [-0.05, 0) is 12.1 Å². The molecule has 17 heavy (non-hydrogen) atoms. The predicted octanol–water partition coefficient (Wildman–Crippen LogP) is 2.69. The Hall–Kier alpha value is -1.37. The third kappa shape index (κ3) is 2.66. The van der Waals surface area contributed by atoms with E-state index in [1.807, 2.05) is 36.4 Å². The van der Waals surface area contributed by atoms with Crippen LogP contribution in [-0.4, -0.2) is 14.2 Å². The van der Waals surface area contributed by atoms with E-state index < -0.39 is 8.15 Å². The topological polar surface area (TPSA) is 18.5 Å². The summed E-state index contributed by atoms with van der Waals surface area (Å²) in [5.41, 5.74) is 0. The maximum Gasteiger partial charge on any atom is 0.129 e. The highest BCUT2D eigenvalue weighted by molar-refractivity contribution is 7.68. The summed E-state index contributed by atoms with van der Waals surface area (Å²) in [5.74, 6) is 0.879. The van der Waals surface area contributed by atoms with E-state index in [4.69, 9.17) is 9.26 Å². The molecule has 2 nitrogen and oxygen atoms in total. The molecular formula is C14H15O2P. The molecule has 0 aromatic heterocycles. The van der Waals surface area contributed by atoms with Crippen LogP contribution in [0.3, 0.4) is 0 Å². The summed E-state index contributed by atoms with van der Waals surface area (Å²) in [6.07, 6.45) is 0. The molecule has 0 saturated carbocycles. The lowest BCUT2D eigenvalue weighted by Crippen LogP contribution is -2.14. The third-order valence-electron chi connectivity index (χ3n) is 2.48. The van der Waals surface area contributed by atoms with Gasteiger partial charge < -0.3 is 9.26 Å². The van der Waals surface area contributed by atoms with Crippen molar-refractivity contribution in [3.63, 3.8) is 0 Å². The quantitative estimate of drug-likeness (QED) is 0.772. The first-order valence-electron chi connectivity index (χ1n) is 5.39. The normalized spacial score (nSPS) is 12.1. The molecule has 1 atom stereocenters. The van der Waals surface area contributed by atoms with Crippen molar-refractivity contribution in [3.05, 3.63) is 54.6 Å². The van der Waals surface area contributed by atoms with Crippen LogP contribution in [0.1, 0.15) is 0 Å². The maximum absolute atomic E-state index is 5.65. The van der Waals surface area contributed by atoms with Gasteiger partial charge in [-0.25, -0.2) is 0 Å². The van der Waals surface area contributed by atoms with E-state index in [-0.39, 0.29) is 0 Å². The van der Waals surface area contributed by atoms with Crippen LogP contribution in [0, 0.1) is 0 Å². The lowest BCUT2D eigenvalue weighted by molar-refractivity contribution is 0.416. The molecule has 1 unspecified atom stereocenters. The van der Waals surface area contributed by atoms with Gasteiger partial charge in [-0.2, -0.15) is 0 Å². The number of hydrogen-bond acceptors (Lipinski definition) is 2. The van der Waals surface area contributed by atoms with Crippen LogP contribution < -0.4 is 15.3 Å². The Kier molecular flexibility index (Phi) is 4.13. The highest BCUT2D eigenvalue weighted by Crippen LogP contribution is 2.36. The third-order valence-corrected chi connectivity index (χ3v) is 4.42. The van der Waals surface area contributed by atoms with E-state index in [1.165, 1.54) is 5.30 Å². The van der Waals surface area contributed by atoms with Crippen LogP contribution in [0.4, 0.5) is 0 Å². The summed E-state index contributed by atoms with van der Waals surface area (Å²) in [6, 6.07) is 18.2. The standard InChI is InChI=1S/C14H15O2P/c1-15-13-10-6-7-11-14(13)17(16-2)12-8-4-3-5-9-12/h3-11H,1-2H3. The van der Waals surface area contributed by atoms with Gasteiger partial charge in [0.1, 0.15) is 5.75 Å². The van der Waals surface area contributed by atoms with Gasteiger partial charge >= 0.3 is 0 Å². The van der Waals surface area contributed by atoms with Crippen molar-refractivity contribution in [2.75, 3.05) is 14.2 Å². The van der Waals surface area contributed by atoms with Gasteiger partial charge in [-0.15, -0.1) is 0 Å². The number of para-hydroxylation sites is 1. The minimum atomic E-state index is -0.800. The second-order valence-electron chi connectivity index (χ2n) is 3.48. The highest BCUT2D eigenvalue weighted by Gasteiger charge is 2.17.